The first-order valence-corrected chi connectivity index (χ1v) is 5.79. The van der Waals surface area contributed by atoms with Crippen molar-refractivity contribution in [1.29, 1.82) is 0 Å². The molecular weight excluding hydrogens is 287 g/mol. The summed E-state index contributed by atoms with van der Waals surface area (Å²) in [4.78, 5) is 21.4. The zero-order valence-corrected chi connectivity index (χ0v) is 11.9. The van der Waals surface area contributed by atoms with Gasteiger partial charge in [0.15, 0.2) is 0 Å². The van der Waals surface area contributed by atoms with Crippen molar-refractivity contribution in [2.45, 2.75) is 0 Å². The minimum Gasteiger partial charge on any atom is -0.340 e. The van der Waals surface area contributed by atoms with Gasteiger partial charge in [0.2, 0.25) is 5.95 Å². The van der Waals surface area contributed by atoms with Crippen molar-refractivity contribution in [2.24, 2.45) is 0 Å². The molecule has 0 unspecified atom stereocenters. The van der Waals surface area contributed by atoms with Gasteiger partial charge in [-0.05, 0) is 12.1 Å². The monoisotopic (exact) mass is 302 g/mol. The van der Waals surface area contributed by atoms with E-state index in [0.29, 0.717) is 11.3 Å². The number of aromatic amines is 1. The zero-order chi connectivity index (χ0) is 11.7. The van der Waals surface area contributed by atoms with Gasteiger partial charge < -0.3 is 10.2 Å². The molecule has 1 aromatic heterocycles. The summed E-state index contributed by atoms with van der Waals surface area (Å²) in [6.07, 6.45) is 0. The molecule has 7 heteroatoms. The molecule has 0 aliphatic carbocycles. The van der Waals surface area contributed by atoms with Gasteiger partial charge in [-0.3, -0.25) is 9.78 Å². The summed E-state index contributed by atoms with van der Waals surface area (Å²) in [5.41, 5.74) is 0.689. The summed E-state index contributed by atoms with van der Waals surface area (Å²) in [6.45, 7) is 3.61. The van der Waals surface area contributed by atoms with Crippen LogP contribution in [0.2, 0.25) is 0 Å². The molecule has 2 aromatic rings. The van der Waals surface area contributed by atoms with Gasteiger partial charge in [0.05, 0.1) is 10.9 Å². The number of para-hydroxylation sites is 1. The average molecular weight is 303 g/mol. The van der Waals surface area contributed by atoms with Crippen LogP contribution in [-0.2, 0) is 0 Å². The Morgan fingerprint density at radius 1 is 1.11 bits per heavy atom. The van der Waals surface area contributed by atoms with Crippen LogP contribution in [0.5, 0.6) is 0 Å². The highest BCUT2D eigenvalue weighted by atomic mass is 35.5. The normalized spacial score (nSPS) is 14.6. The topological polar surface area (TPSA) is 61.0 Å². The summed E-state index contributed by atoms with van der Waals surface area (Å²) in [5.74, 6) is 0.676. The molecule has 0 saturated carbocycles. The lowest BCUT2D eigenvalue weighted by Crippen LogP contribution is -2.44. The van der Waals surface area contributed by atoms with Crippen LogP contribution in [0.25, 0.3) is 10.9 Å². The van der Waals surface area contributed by atoms with Crippen molar-refractivity contribution in [3.05, 3.63) is 34.6 Å². The van der Waals surface area contributed by atoms with Gasteiger partial charge >= 0.3 is 0 Å². The highest BCUT2D eigenvalue weighted by molar-refractivity contribution is 5.85. The Labute approximate surface area is 123 Å². The Morgan fingerprint density at radius 2 is 1.79 bits per heavy atom. The van der Waals surface area contributed by atoms with Crippen molar-refractivity contribution in [3.8, 4) is 0 Å². The number of nitrogens with zero attached hydrogens (tertiary/aromatic N) is 2. The average Bonchev–Trinajstić information content (AvgIpc) is 2.40. The number of hydrogen-bond acceptors (Lipinski definition) is 4. The minimum absolute atomic E-state index is 0. The summed E-state index contributed by atoms with van der Waals surface area (Å²) in [7, 11) is 0. The fourth-order valence-electron chi connectivity index (χ4n) is 2.10. The van der Waals surface area contributed by atoms with Crippen LogP contribution in [0.15, 0.2) is 29.1 Å². The molecule has 104 valence electrons. The zero-order valence-electron chi connectivity index (χ0n) is 10.3. The fraction of sp³-hybridized carbons (Fsp3) is 0.333. The molecule has 0 radical (unpaired) electrons. The Bertz CT molecular complexity index is 596. The molecule has 1 saturated heterocycles. The van der Waals surface area contributed by atoms with Gasteiger partial charge in [0, 0.05) is 26.2 Å². The summed E-state index contributed by atoms with van der Waals surface area (Å²) >= 11 is 0. The molecule has 2 heterocycles. The summed E-state index contributed by atoms with van der Waals surface area (Å²) in [6, 6.07) is 7.42. The highest BCUT2D eigenvalue weighted by Gasteiger charge is 2.13. The van der Waals surface area contributed by atoms with E-state index in [4.69, 9.17) is 0 Å². The molecular formula is C12H16Cl2N4O. The Balaban J connectivity index is 0.000000902. The van der Waals surface area contributed by atoms with Crippen molar-refractivity contribution in [1.82, 2.24) is 15.3 Å². The summed E-state index contributed by atoms with van der Waals surface area (Å²) < 4.78 is 0. The maximum Gasteiger partial charge on any atom is 0.260 e. The van der Waals surface area contributed by atoms with E-state index >= 15 is 0 Å². The number of rotatable bonds is 1. The largest absolute Gasteiger partial charge is 0.340 e. The number of piperazine rings is 1. The van der Waals surface area contributed by atoms with E-state index < -0.39 is 0 Å². The predicted octanol–water partition coefficient (Wildman–Crippen LogP) is 1.18. The van der Waals surface area contributed by atoms with Crippen LogP contribution in [0, 0.1) is 0 Å². The number of halogens is 2. The van der Waals surface area contributed by atoms with E-state index in [-0.39, 0.29) is 30.4 Å². The van der Waals surface area contributed by atoms with Gasteiger partial charge in [-0.1, -0.05) is 12.1 Å². The molecule has 19 heavy (non-hydrogen) atoms. The number of H-pyrrole nitrogens is 1. The van der Waals surface area contributed by atoms with Crippen molar-refractivity contribution in [3.63, 3.8) is 0 Å². The number of nitrogens with one attached hydrogen (secondary N) is 2. The molecule has 1 aromatic carbocycles. The molecule has 3 rings (SSSR count). The first kappa shape index (κ1) is 15.8. The Morgan fingerprint density at radius 3 is 2.53 bits per heavy atom. The van der Waals surface area contributed by atoms with E-state index in [1.165, 1.54) is 0 Å². The number of fused-ring (bicyclic) bond motifs is 1. The lowest BCUT2D eigenvalue weighted by atomic mass is 10.2. The second kappa shape index (κ2) is 6.75. The summed E-state index contributed by atoms with van der Waals surface area (Å²) in [5, 5.41) is 3.92. The number of aromatic nitrogens is 2. The SMILES string of the molecule is Cl.Cl.O=c1[nH]c(N2CCNCC2)nc2ccccc12. The molecule has 2 N–H and O–H groups in total. The van der Waals surface area contributed by atoms with Gasteiger partial charge in [0.25, 0.3) is 5.56 Å². The minimum atomic E-state index is -0.0656. The lowest BCUT2D eigenvalue weighted by molar-refractivity contribution is 0.580. The maximum absolute atomic E-state index is 11.9. The van der Waals surface area contributed by atoms with Crippen molar-refractivity contribution < 1.29 is 0 Å². The number of hydrogen-bond donors (Lipinski definition) is 2. The third kappa shape index (κ3) is 3.18. The molecule has 0 amide bonds. The van der Waals surface area contributed by atoms with E-state index in [1.807, 2.05) is 18.2 Å². The Hall–Kier alpha value is -1.30. The Kier molecular flexibility index (Phi) is 5.60. The first-order valence-electron chi connectivity index (χ1n) is 5.79. The van der Waals surface area contributed by atoms with E-state index in [9.17, 15) is 4.79 Å². The quantitative estimate of drug-likeness (QED) is 0.830. The van der Waals surface area contributed by atoms with Crippen LogP contribution in [0.3, 0.4) is 0 Å². The van der Waals surface area contributed by atoms with Crippen LogP contribution in [0.4, 0.5) is 5.95 Å². The van der Waals surface area contributed by atoms with Crippen molar-refractivity contribution >= 4 is 41.7 Å². The van der Waals surface area contributed by atoms with Crippen LogP contribution in [-0.4, -0.2) is 36.1 Å². The molecule has 0 bridgehead atoms. The smallest absolute Gasteiger partial charge is 0.260 e. The van der Waals surface area contributed by atoms with Gasteiger partial charge in [-0.25, -0.2) is 4.98 Å². The van der Waals surface area contributed by atoms with E-state index in [2.05, 4.69) is 20.2 Å². The van der Waals surface area contributed by atoms with Gasteiger partial charge in [-0.2, -0.15) is 0 Å². The standard InChI is InChI=1S/C12H14N4O.2ClH/c17-11-9-3-1-2-4-10(9)14-12(15-11)16-7-5-13-6-8-16;;/h1-4,13H,5-8H2,(H,14,15,17);2*1H. The van der Waals surface area contributed by atoms with Crippen LogP contribution < -0.4 is 15.8 Å². The van der Waals surface area contributed by atoms with E-state index in [0.717, 1.165) is 31.7 Å². The van der Waals surface area contributed by atoms with E-state index in [1.54, 1.807) is 6.07 Å². The third-order valence-corrected chi connectivity index (χ3v) is 3.02. The molecule has 0 atom stereocenters. The van der Waals surface area contributed by atoms with Crippen molar-refractivity contribution in [2.75, 3.05) is 31.1 Å². The predicted molar refractivity (Wildman–Crippen MR) is 81.9 cm³/mol. The highest BCUT2D eigenvalue weighted by Crippen LogP contribution is 2.11. The molecule has 1 aliphatic heterocycles. The molecule has 5 nitrogen and oxygen atoms in total. The third-order valence-electron chi connectivity index (χ3n) is 3.02. The molecule has 0 spiro atoms. The number of anilines is 1. The van der Waals surface area contributed by atoms with Crippen LogP contribution in [0.1, 0.15) is 0 Å². The molecule has 1 fully saturated rings. The van der Waals surface area contributed by atoms with Gasteiger partial charge in [-0.15, -0.1) is 24.8 Å². The number of benzene rings is 1. The second-order valence-electron chi connectivity index (χ2n) is 4.14. The maximum atomic E-state index is 11.9. The fourth-order valence-corrected chi connectivity index (χ4v) is 2.10. The first-order chi connectivity index (χ1) is 8.34. The second-order valence-corrected chi connectivity index (χ2v) is 4.14. The molecule has 1 aliphatic rings. The van der Waals surface area contributed by atoms with Crippen LogP contribution >= 0.6 is 24.8 Å². The lowest BCUT2D eigenvalue weighted by Gasteiger charge is -2.27. The van der Waals surface area contributed by atoms with Gasteiger partial charge in [0.1, 0.15) is 0 Å².